The van der Waals surface area contributed by atoms with Gasteiger partial charge in [0.1, 0.15) is 0 Å². The Bertz CT molecular complexity index is 1060. The third-order valence-electron chi connectivity index (χ3n) is 4.28. The number of rotatable bonds is 9. The van der Waals surface area contributed by atoms with Crippen LogP contribution < -0.4 is 10.0 Å². The Morgan fingerprint density at radius 2 is 1.86 bits per heavy atom. The van der Waals surface area contributed by atoms with Crippen molar-refractivity contribution in [2.45, 2.75) is 17.4 Å². The van der Waals surface area contributed by atoms with Gasteiger partial charge in [-0.3, -0.25) is 4.79 Å². The summed E-state index contributed by atoms with van der Waals surface area (Å²) in [5, 5.41) is 4.58. The number of thiophene rings is 1. The third-order valence-corrected chi connectivity index (χ3v) is 6.74. The quantitative estimate of drug-likeness (QED) is 0.509. The van der Waals surface area contributed by atoms with Crippen LogP contribution in [0, 0.1) is 0 Å². The fraction of sp³-hybridized carbons (Fsp3) is 0.136. The van der Waals surface area contributed by atoms with E-state index in [1.807, 2.05) is 47.8 Å². The molecule has 0 radical (unpaired) electrons. The summed E-state index contributed by atoms with van der Waals surface area (Å²) in [6.45, 7) is 3.87. The van der Waals surface area contributed by atoms with Gasteiger partial charge in [0.05, 0.1) is 10.9 Å². The monoisotopic (exact) mass is 426 g/mol. The highest BCUT2D eigenvalue weighted by molar-refractivity contribution is 7.89. The van der Waals surface area contributed by atoms with Crippen LogP contribution in [0.2, 0.25) is 0 Å². The van der Waals surface area contributed by atoms with E-state index in [9.17, 15) is 13.2 Å². The molecule has 0 saturated heterocycles. The van der Waals surface area contributed by atoms with Gasteiger partial charge in [-0.05, 0) is 41.6 Å². The first kappa shape index (κ1) is 21.0. The molecule has 1 atom stereocenters. The summed E-state index contributed by atoms with van der Waals surface area (Å²) in [7, 11) is -3.83. The van der Waals surface area contributed by atoms with Crippen LogP contribution in [0.3, 0.4) is 0 Å². The standard InChI is InChI=1S/C22H22N2O3S2/c1-2-13-23-22(25)18-10-6-11-19(16-18)29(26,27)24-20(21-12-7-14-28-21)15-17-8-4-3-5-9-17/h2-12,14,16,20,24H,1,13,15H2,(H,23,25). The summed E-state index contributed by atoms with van der Waals surface area (Å²) in [4.78, 5) is 13.1. The van der Waals surface area contributed by atoms with Crippen LogP contribution in [-0.2, 0) is 16.4 Å². The second-order valence-electron chi connectivity index (χ2n) is 6.41. The molecule has 0 fully saturated rings. The lowest BCUT2D eigenvalue weighted by Gasteiger charge is -2.18. The molecular formula is C22H22N2O3S2. The predicted octanol–water partition coefficient (Wildman–Crippen LogP) is 3.93. The number of sulfonamides is 1. The lowest BCUT2D eigenvalue weighted by Crippen LogP contribution is -2.30. The van der Waals surface area contributed by atoms with Gasteiger partial charge in [0.25, 0.3) is 5.91 Å². The fourth-order valence-electron chi connectivity index (χ4n) is 2.87. The SMILES string of the molecule is C=CCNC(=O)c1cccc(S(=O)(=O)NC(Cc2ccccc2)c2cccs2)c1. The smallest absolute Gasteiger partial charge is 0.251 e. The zero-order valence-corrected chi connectivity index (χ0v) is 17.4. The lowest BCUT2D eigenvalue weighted by molar-refractivity contribution is 0.0958. The van der Waals surface area contributed by atoms with Gasteiger partial charge < -0.3 is 5.32 Å². The van der Waals surface area contributed by atoms with Crippen LogP contribution in [0.15, 0.2) is 89.7 Å². The Morgan fingerprint density at radius 1 is 1.07 bits per heavy atom. The molecule has 5 nitrogen and oxygen atoms in total. The molecule has 0 saturated carbocycles. The van der Waals surface area contributed by atoms with Gasteiger partial charge >= 0.3 is 0 Å². The van der Waals surface area contributed by atoms with Crippen molar-refractivity contribution in [3.63, 3.8) is 0 Å². The number of amides is 1. The summed E-state index contributed by atoms with van der Waals surface area (Å²) >= 11 is 1.50. The van der Waals surface area contributed by atoms with Crippen LogP contribution in [0.25, 0.3) is 0 Å². The highest BCUT2D eigenvalue weighted by Crippen LogP contribution is 2.25. The zero-order chi connectivity index (χ0) is 20.7. The molecule has 2 N–H and O–H groups in total. The van der Waals surface area contributed by atoms with Gasteiger partial charge in [-0.15, -0.1) is 17.9 Å². The van der Waals surface area contributed by atoms with Crippen molar-refractivity contribution in [3.05, 3.63) is 101 Å². The van der Waals surface area contributed by atoms with Gasteiger partial charge in [-0.25, -0.2) is 13.1 Å². The lowest BCUT2D eigenvalue weighted by atomic mass is 10.1. The normalized spacial score (nSPS) is 12.3. The van der Waals surface area contributed by atoms with Crippen molar-refractivity contribution >= 4 is 27.3 Å². The first-order valence-electron chi connectivity index (χ1n) is 9.08. The van der Waals surface area contributed by atoms with Gasteiger partial charge in [0, 0.05) is 17.0 Å². The zero-order valence-electron chi connectivity index (χ0n) is 15.7. The maximum absolute atomic E-state index is 13.1. The Morgan fingerprint density at radius 3 is 2.55 bits per heavy atom. The van der Waals surface area contributed by atoms with Crippen LogP contribution in [0.5, 0.6) is 0 Å². The Hall–Kier alpha value is -2.74. The minimum Gasteiger partial charge on any atom is -0.349 e. The fourth-order valence-corrected chi connectivity index (χ4v) is 4.98. The molecule has 0 aliphatic carbocycles. The van der Waals surface area contributed by atoms with Crippen molar-refractivity contribution in [3.8, 4) is 0 Å². The van der Waals surface area contributed by atoms with Crippen molar-refractivity contribution in [2.24, 2.45) is 0 Å². The van der Waals surface area contributed by atoms with Crippen molar-refractivity contribution in [2.75, 3.05) is 6.54 Å². The van der Waals surface area contributed by atoms with E-state index in [-0.39, 0.29) is 16.4 Å². The van der Waals surface area contributed by atoms with Gasteiger partial charge in [0.2, 0.25) is 10.0 Å². The first-order valence-corrected chi connectivity index (χ1v) is 11.4. The van der Waals surface area contributed by atoms with E-state index in [1.54, 1.807) is 18.2 Å². The molecule has 0 aliphatic heterocycles. The molecule has 1 unspecified atom stereocenters. The highest BCUT2D eigenvalue weighted by Gasteiger charge is 2.23. The number of carbonyl (C=O) groups is 1. The van der Waals surface area contributed by atoms with E-state index >= 15 is 0 Å². The van der Waals surface area contributed by atoms with E-state index in [2.05, 4.69) is 16.6 Å². The molecule has 1 aromatic heterocycles. The second-order valence-corrected chi connectivity index (χ2v) is 9.10. The van der Waals surface area contributed by atoms with Gasteiger partial charge in [0.15, 0.2) is 0 Å². The highest BCUT2D eigenvalue weighted by atomic mass is 32.2. The third kappa shape index (κ3) is 5.63. The topological polar surface area (TPSA) is 75.3 Å². The molecule has 3 aromatic rings. The van der Waals surface area contributed by atoms with Crippen molar-refractivity contribution in [1.82, 2.24) is 10.0 Å². The number of benzene rings is 2. The number of carbonyl (C=O) groups excluding carboxylic acids is 1. The summed E-state index contributed by atoms with van der Waals surface area (Å²) in [6.07, 6.45) is 2.09. The molecule has 0 aliphatic rings. The predicted molar refractivity (Wildman–Crippen MR) is 116 cm³/mol. The molecule has 7 heteroatoms. The molecule has 0 spiro atoms. The van der Waals surface area contributed by atoms with E-state index in [0.29, 0.717) is 13.0 Å². The van der Waals surface area contributed by atoms with E-state index in [0.717, 1.165) is 10.4 Å². The first-order chi connectivity index (χ1) is 14.0. The van der Waals surface area contributed by atoms with Gasteiger partial charge in [-0.2, -0.15) is 0 Å². The Kier molecular flexibility index (Phi) is 6.98. The minimum atomic E-state index is -3.83. The van der Waals surface area contributed by atoms with Gasteiger partial charge in [-0.1, -0.05) is 48.5 Å². The summed E-state index contributed by atoms with van der Waals surface area (Å²) in [6, 6.07) is 19.2. The van der Waals surface area contributed by atoms with E-state index < -0.39 is 16.1 Å². The molecule has 0 bridgehead atoms. The van der Waals surface area contributed by atoms with Crippen LogP contribution in [-0.4, -0.2) is 20.9 Å². The Labute approximate surface area is 175 Å². The Balaban J connectivity index is 1.85. The number of hydrogen-bond donors (Lipinski definition) is 2. The molecule has 29 heavy (non-hydrogen) atoms. The molecular weight excluding hydrogens is 404 g/mol. The molecule has 2 aromatic carbocycles. The summed E-state index contributed by atoms with van der Waals surface area (Å²) in [5.74, 6) is -0.346. The van der Waals surface area contributed by atoms with Crippen molar-refractivity contribution < 1.29 is 13.2 Å². The number of hydrogen-bond acceptors (Lipinski definition) is 4. The van der Waals surface area contributed by atoms with E-state index in [1.165, 1.54) is 23.5 Å². The number of nitrogens with one attached hydrogen (secondary N) is 2. The molecule has 150 valence electrons. The second kappa shape index (κ2) is 9.65. The average Bonchev–Trinajstić information content (AvgIpc) is 3.27. The molecule has 3 rings (SSSR count). The molecule has 1 amide bonds. The van der Waals surface area contributed by atoms with Crippen LogP contribution in [0.4, 0.5) is 0 Å². The average molecular weight is 427 g/mol. The minimum absolute atomic E-state index is 0.0540. The van der Waals surface area contributed by atoms with Crippen molar-refractivity contribution in [1.29, 1.82) is 0 Å². The maximum Gasteiger partial charge on any atom is 0.251 e. The maximum atomic E-state index is 13.1. The van der Waals surface area contributed by atoms with E-state index in [4.69, 9.17) is 0 Å². The summed E-state index contributed by atoms with van der Waals surface area (Å²) < 4.78 is 28.9. The largest absolute Gasteiger partial charge is 0.349 e. The summed E-state index contributed by atoms with van der Waals surface area (Å²) in [5.41, 5.74) is 1.32. The van der Waals surface area contributed by atoms with Crippen LogP contribution >= 0.6 is 11.3 Å². The van der Waals surface area contributed by atoms with Crippen LogP contribution in [0.1, 0.15) is 26.8 Å². The molecule has 1 heterocycles.